The van der Waals surface area contributed by atoms with Crippen LogP contribution in [0.15, 0.2) is 48.9 Å². The minimum absolute atomic E-state index is 0.0274. The fourth-order valence-corrected chi connectivity index (χ4v) is 2.90. The Morgan fingerprint density at radius 3 is 2.58 bits per heavy atom. The Kier molecular flexibility index (Phi) is 5.38. The van der Waals surface area contributed by atoms with E-state index in [1.54, 1.807) is 18.6 Å². The zero-order valence-electron chi connectivity index (χ0n) is 13.9. The summed E-state index contributed by atoms with van der Waals surface area (Å²) in [6.07, 6.45) is 5.17. The maximum Gasteiger partial charge on any atom is 0.234 e. The number of carbonyl (C=O) groups is 1. The quantitative estimate of drug-likeness (QED) is 0.902. The van der Waals surface area contributed by atoms with Gasteiger partial charge in [0.05, 0.1) is 18.8 Å². The van der Waals surface area contributed by atoms with E-state index in [-0.39, 0.29) is 11.9 Å². The number of rotatable bonds is 5. The number of anilines is 1. The van der Waals surface area contributed by atoms with Gasteiger partial charge in [-0.25, -0.2) is 4.98 Å². The molecule has 6 nitrogen and oxygen atoms in total. The first kappa shape index (κ1) is 16.4. The average molecular weight is 325 g/mol. The molecule has 1 unspecified atom stereocenters. The molecule has 0 spiro atoms. The summed E-state index contributed by atoms with van der Waals surface area (Å²) in [7, 11) is 0. The smallest absolute Gasteiger partial charge is 0.234 e. The minimum atomic E-state index is 0.0274. The predicted octanol–water partition coefficient (Wildman–Crippen LogP) is 1.48. The lowest BCUT2D eigenvalue weighted by atomic mass is 10.1. The van der Waals surface area contributed by atoms with Crippen molar-refractivity contribution in [1.82, 2.24) is 20.2 Å². The standard InChI is InChI=1S/C18H23N5O/c1-15(16-5-3-2-4-6-16)21-18(24)14-22-9-11-23(12-10-22)17-13-19-7-8-20-17/h2-8,13,15H,9-12,14H2,1H3,(H,21,24). The molecule has 1 amide bonds. The number of aromatic nitrogens is 2. The summed E-state index contributed by atoms with van der Waals surface area (Å²) in [5.74, 6) is 0.971. The van der Waals surface area contributed by atoms with Crippen molar-refractivity contribution in [2.75, 3.05) is 37.6 Å². The second-order valence-corrected chi connectivity index (χ2v) is 6.03. The van der Waals surface area contributed by atoms with Crippen LogP contribution in [0.1, 0.15) is 18.5 Å². The van der Waals surface area contributed by atoms with Crippen LogP contribution in [0.25, 0.3) is 0 Å². The Labute approximate surface area is 142 Å². The number of amides is 1. The Morgan fingerprint density at radius 1 is 1.17 bits per heavy atom. The summed E-state index contributed by atoms with van der Waals surface area (Å²) in [5, 5.41) is 3.07. The van der Waals surface area contributed by atoms with Gasteiger partial charge < -0.3 is 10.2 Å². The van der Waals surface area contributed by atoms with E-state index >= 15 is 0 Å². The third-order valence-electron chi connectivity index (χ3n) is 4.29. The molecule has 1 atom stereocenters. The van der Waals surface area contributed by atoms with E-state index in [9.17, 15) is 4.79 Å². The molecule has 2 aromatic rings. The van der Waals surface area contributed by atoms with Crippen molar-refractivity contribution in [3.63, 3.8) is 0 Å². The van der Waals surface area contributed by atoms with Crippen molar-refractivity contribution in [2.45, 2.75) is 13.0 Å². The molecule has 1 aromatic carbocycles. The van der Waals surface area contributed by atoms with E-state index in [0.717, 1.165) is 37.6 Å². The van der Waals surface area contributed by atoms with Crippen molar-refractivity contribution < 1.29 is 4.79 Å². The van der Waals surface area contributed by atoms with E-state index in [1.165, 1.54) is 0 Å². The number of piperazine rings is 1. The van der Waals surface area contributed by atoms with Crippen molar-refractivity contribution >= 4 is 11.7 Å². The van der Waals surface area contributed by atoms with Gasteiger partial charge >= 0.3 is 0 Å². The third-order valence-corrected chi connectivity index (χ3v) is 4.29. The molecule has 1 fully saturated rings. The third kappa shape index (κ3) is 4.29. The van der Waals surface area contributed by atoms with Gasteiger partial charge in [0, 0.05) is 38.6 Å². The molecule has 1 aliphatic rings. The van der Waals surface area contributed by atoms with E-state index in [1.807, 2.05) is 37.3 Å². The van der Waals surface area contributed by atoms with Crippen LogP contribution in [0.4, 0.5) is 5.82 Å². The topological polar surface area (TPSA) is 61.4 Å². The summed E-state index contributed by atoms with van der Waals surface area (Å²) >= 11 is 0. The minimum Gasteiger partial charge on any atom is -0.353 e. The monoisotopic (exact) mass is 325 g/mol. The molecular weight excluding hydrogens is 302 g/mol. The maximum absolute atomic E-state index is 12.3. The van der Waals surface area contributed by atoms with Crippen LogP contribution in [-0.4, -0.2) is 53.5 Å². The highest BCUT2D eigenvalue weighted by molar-refractivity contribution is 5.78. The number of benzene rings is 1. The summed E-state index contributed by atoms with van der Waals surface area (Å²) in [4.78, 5) is 25.1. The van der Waals surface area contributed by atoms with Gasteiger partial charge in [0.25, 0.3) is 0 Å². The Hall–Kier alpha value is -2.47. The van der Waals surface area contributed by atoms with Crippen LogP contribution in [0.5, 0.6) is 0 Å². The van der Waals surface area contributed by atoms with Gasteiger partial charge in [0.15, 0.2) is 0 Å². The molecule has 6 heteroatoms. The lowest BCUT2D eigenvalue weighted by Gasteiger charge is -2.34. The molecular formula is C18H23N5O. The van der Waals surface area contributed by atoms with E-state index in [0.29, 0.717) is 6.54 Å². The molecule has 0 radical (unpaired) electrons. The van der Waals surface area contributed by atoms with Crippen molar-refractivity contribution in [3.05, 3.63) is 54.5 Å². The molecule has 24 heavy (non-hydrogen) atoms. The molecule has 1 N–H and O–H groups in total. The molecule has 0 aliphatic carbocycles. The van der Waals surface area contributed by atoms with Gasteiger partial charge in [-0.05, 0) is 12.5 Å². The van der Waals surface area contributed by atoms with Crippen LogP contribution in [-0.2, 0) is 4.79 Å². The number of hydrogen-bond acceptors (Lipinski definition) is 5. The molecule has 2 heterocycles. The second-order valence-electron chi connectivity index (χ2n) is 6.03. The number of nitrogens with zero attached hydrogens (tertiary/aromatic N) is 4. The SMILES string of the molecule is CC(NC(=O)CN1CCN(c2cnccn2)CC1)c1ccccc1. The fraction of sp³-hybridized carbons (Fsp3) is 0.389. The molecule has 126 valence electrons. The first-order chi connectivity index (χ1) is 11.7. The van der Waals surface area contributed by atoms with Gasteiger partial charge in [-0.2, -0.15) is 0 Å². The molecule has 0 saturated carbocycles. The summed E-state index contributed by atoms with van der Waals surface area (Å²) in [6.45, 7) is 5.87. The molecule has 0 bridgehead atoms. The number of hydrogen-bond donors (Lipinski definition) is 1. The second kappa shape index (κ2) is 7.88. The van der Waals surface area contributed by atoms with Gasteiger partial charge in [-0.3, -0.25) is 14.7 Å². The van der Waals surface area contributed by atoms with E-state index < -0.39 is 0 Å². The van der Waals surface area contributed by atoms with Gasteiger partial charge in [-0.1, -0.05) is 30.3 Å². The van der Waals surface area contributed by atoms with Gasteiger partial charge in [0.2, 0.25) is 5.91 Å². The highest BCUT2D eigenvalue weighted by atomic mass is 16.2. The van der Waals surface area contributed by atoms with Gasteiger partial charge in [-0.15, -0.1) is 0 Å². The highest BCUT2D eigenvalue weighted by Crippen LogP contribution is 2.13. The number of carbonyl (C=O) groups excluding carboxylic acids is 1. The average Bonchev–Trinajstić information content (AvgIpc) is 2.64. The highest BCUT2D eigenvalue weighted by Gasteiger charge is 2.20. The predicted molar refractivity (Wildman–Crippen MR) is 93.7 cm³/mol. The Balaban J connectivity index is 1.45. The molecule has 1 saturated heterocycles. The zero-order valence-corrected chi connectivity index (χ0v) is 13.9. The van der Waals surface area contributed by atoms with Crippen molar-refractivity contribution in [1.29, 1.82) is 0 Å². The van der Waals surface area contributed by atoms with Crippen molar-refractivity contribution in [3.8, 4) is 0 Å². The number of nitrogens with one attached hydrogen (secondary N) is 1. The summed E-state index contributed by atoms with van der Waals surface area (Å²) < 4.78 is 0. The van der Waals surface area contributed by atoms with E-state index in [4.69, 9.17) is 0 Å². The van der Waals surface area contributed by atoms with E-state index in [2.05, 4.69) is 25.1 Å². The van der Waals surface area contributed by atoms with Crippen LogP contribution in [0.3, 0.4) is 0 Å². The first-order valence-electron chi connectivity index (χ1n) is 8.30. The van der Waals surface area contributed by atoms with Gasteiger partial charge in [0.1, 0.15) is 5.82 Å². The molecule has 1 aromatic heterocycles. The Morgan fingerprint density at radius 2 is 1.92 bits per heavy atom. The van der Waals surface area contributed by atoms with Crippen molar-refractivity contribution in [2.24, 2.45) is 0 Å². The lowest BCUT2D eigenvalue weighted by Crippen LogP contribution is -2.49. The fourth-order valence-electron chi connectivity index (χ4n) is 2.90. The molecule has 1 aliphatic heterocycles. The summed E-state index contributed by atoms with van der Waals surface area (Å²) in [5.41, 5.74) is 1.12. The Bertz CT molecular complexity index is 641. The largest absolute Gasteiger partial charge is 0.353 e. The summed E-state index contributed by atoms with van der Waals surface area (Å²) in [6, 6.07) is 10.1. The lowest BCUT2D eigenvalue weighted by molar-refractivity contribution is -0.123. The zero-order chi connectivity index (χ0) is 16.8. The maximum atomic E-state index is 12.3. The van der Waals surface area contributed by atoms with Crippen LogP contribution in [0, 0.1) is 0 Å². The normalized spacial score (nSPS) is 16.6. The first-order valence-corrected chi connectivity index (χ1v) is 8.30. The van der Waals surface area contributed by atoms with Crippen LogP contribution >= 0.6 is 0 Å². The van der Waals surface area contributed by atoms with Crippen LogP contribution in [0.2, 0.25) is 0 Å². The van der Waals surface area contributed by atoms with Crippen LogP contribution < -0.4 is 10.2 Å². The molecule has 3 rings (SSSR count).